The fraction of sp³-hybridized carbons (Fsp3) is 0.154. The van der Waals surface area contributed by atoms with Crippen LogP contribution in [0.15, 0.2) is 42.6 Å². The summed E-state index contributed by atoms with van der Waals surface area (Å²) >= 11 is 0. The molecule has 2 aromatic rings. The van der Waals surface area contributed by atoms with Crippen molar-refractivity contribution in [3.05, 3.63) is 52.7 Å². The average molecular weight is 244 g/mol. The first-order valence-corrected chi connectivity index (χ1v) is 5.55. The number of hydrogen-bond acceptors (Lipinski definition) is 4. The topological polar surface area (TPSA) is 65.3 Å². The highest BCUT2D eigenvalue weighted by Gasteiger charge is 2.21. The predicted octanol–water partition coefficient (Wildman–Crippen LogP) is 3.06. The van der Waals surface area contributed by atoms with E-state index in [4.69, 9.17) is 4.74 Å². The lowest BCUT2D eigenvalue weighted by atomic mass is 10.1. The molecule has 1 heterocycles. The Bertz CT molecular complexity index is 555. The van der Waals surface area contributed by atoms with Crippen molar-refractivity contribution in [2.75, 3.05) is 6.61 Å². The van der Waals surface area contributed by atoms with E-state index in [9.17, 15) is 10.1 Å². The Morgan fingerprint density at radius 1 is 1.28 bits per heavy atom. The summed E-state index contributed by atoms with van der Waals surface area (Å²) in [7, 11) is 0. The third-order valence-electron chi connectivity index (χ3n) is 2.43. The number of hydrogen-bond donors (Lipinski definition) is 0. The molecule has 0 spiro atoms. The van der Waals surface area contributed by atoms with Crippen LogP contribution in [0, 0.1) is 10.1 Å². The third-order valence-corrected chi connectivity index (χ3v) is 2.43. The van der Waals surface area contributed by atoms with E-state index in [1.54, 1.807) is 13.0 Å². The van der Waals surface area contributed by atoms with Gasteiger partial charge in [-0.3, -0.25) is 0 Å². The van der Waals surface area contributed by atoms with Gasteiger partial charge in [-0.2, -0.15) is 0 Å². The molecule has 0 unspecified atom stereocenters. The van der Waals surface area contributed by atoms with Gasteiger partial charge in [0, 0.05) is 5.56 Å². The minimum absolute atomic E-state index is 0.219. The molecule has 0 fully saturated rings. The summed E-state index contributed by atoms with van der Waals surface area (Å²) in [5.74, 6) is -0.0330. The van der Waals surface area contributed by atoms with Gasteiger partial charge in [-0.1, -0.05) is 30.3 Å². The molecule has 0 aliphatic carbocycles. The lowest BCUT2D eigenvalue weighted by molar-refractivity contribution is -0.390. The molecular formula is C13H12N2O3. The fourth-order valence-corrected chi connectivity index (χ4v) is 1.70. The Labute approximate surface area is 104 Å². The zero-order chi connectivity index (χ0) is 13.0. The predicted molar refractivity (Wildman–Crippen MR) is 67.5 cm³/mol. The van der Waals surface area contributed by atoms with Crippen LogP contribution in [0.4, 0.5) is 5.82 Å². The van der Waals surface area contributed by atoms with E-state index in [1.165, 1.54) is 6.20 Å². The molecule has 5 nitrogen and oxygen atoms in total. The first-order valence-electron chi connectivity index (χ1n) is 5.55. The number of nitro groups is 1. The van der Waals surface area contributed by atoms with E-state index < -0.39 is 4.92 Å². The van der Waals surface area contributed by atoms with Crippen molar-refractivity contribution in [3.63, 3.8) is 0 Å². The molecule has 18 heavy (non-hydrogen) atoms. The maximum Gasteiger partial charge on any atom is 0.406 e. The molecule has 0 saturated carbocycles. The van der Waals surface area contributed by atoms with E-state index >= 15 is 0 Å². The normalized spacial score (nSPS) is 10.1. The minimum Gasteiger partial charge on any atom is -0.486 e. The number of aromatic nitrogens is 1. The summed E-state index contributed by atoms with van der Waals surface area (Å²) in [5, 5.41) is 10.9. The van der Waals surface area contributed by atoms with Crippen LogP contribution in [-0.2, 0) is 0 Å². The van der Waals surface area contributed by atoms with Gasteiger partial charge < -0.3 is 14.9 Å². The van der Waals surface area contributed by atoms with Gasteiger partial charge in [-0.15, -0.1) is 0 Å². The highest BCUT2D eigenvalue weighted by molar-refractivity contribution is 5.73. The zero-order valence-corrected chi connectivity index (χ0v) is 9.87. The number of rotatable bonds is 4. The van der Waals surface area contributed by atoms with Gasteiger partial charge in [0.25, 0.3) is 0 Å². The van der Waals surface area contributed by atoms with E-state index in [1.807, 2.05) is 30.3 Å². The molecule has 0 bridgehead atoms. The highest BCUT2D eigenvalue weighted by atomic mass is 16.6. The number of ether oxygens (including phenoxy) is 1. The van der Waals surface area contributed by atoms with Crippen molar-refractivity contribution in [1.29, 1.82) is 0 Å². The molecule has 0 radical (unpaired) electrons. The molecule has 2 rings (SSSR count). The van der Waals surface area contributed by atoms with Crippen LogP contribution in [0.5, 0.6) is 5.75 Å². The Morgan fingerprint density at radius 2 is 2.00 bits per heavy atom. The lowest BCUT2D eigenvalue weighted by Gasteiger charge is -2.09. The standard InChI is InChI=1S/C13H12N2O3/c1-2-18-12-11(10-6-4-3-5-7-10)8-9-14-13(12)15(16)17/h3-9H,2H2,1H3. The van der Waals surface area contributed by atoms with Gasteiger partial charge in [-0.05, 0) is 28.5 Å². The van der Waals surface area contributed by atoms with Crippen LogP contribution < -0.4 is 4.74 Å². The van der Waals surface area contributed by atoms with Crippen molar-refractivity contribution < 1.29 is 9.66 Å². The van der Waals surface area contributed by atoms with Gasteiger partial charge in [0.1, 0.15) is 6.20 Å². The second kappa shape index (κ2) is 5.27. The molecule has 1 aromatic heterocycles. The van der Waals surface area contributed by atoms with Crippen molar-refractivity contribution in [3.8, 4) is 16.9 Å². The molecule has 0 N–H and O–H groups in total. The van der Waals surface area contributed by atoms with Crippen LogP contribution in [-0.4, -0.2) is 16.5 Å². The molecule has 0 aliphatic heterocycles. The third kappa shape index (κ3) is 2.29. The Kier molecular flexibility index (Phi) is 3.52. The van der Waals surface area contributed by atoms with Crippen LogP contribution in [0.25, 0.3) is 11.1 Å². The van der Waals surface area contributed by atoms with E-state index in [-0.39, 0.29) is 11.6 Å². The summed E-state index contributed by atoms with van der Waals surface area (Å²) in [5.41, 5.74) is 1.55. The second-order valence-electron chi connectivity index (χ2n) is 3.57. The maximum absolute atomic E-state index is 10.9. The molecule has 0 aliphatic rings. The van der Waals surface area contributed by atoms with Crippen LogP contribution >= 0.6 is 0 Å². The van der Waals surface area contributed by atoms with Crippen LogP contribution in [0.3, 0.4) is 0 Å². The molecule has 92 valence electrons. The molecule has 0 atom stereocenters. The van der Waals surface area contributed by atoms with Crippen LogP contribution in [0.2, 0.25) is 0 Å². The summed E-state index contributed by atoms with van der Waals surface area (Å²) < 4.78 is 5.38. The second-order valence-corrected chi connectivity index (χ2v) is 3.57. The smallest absolute Gasteiger partial charge is 0.406 e. The Hall–Kier alpha value is -2.43. The van der Waals surface area contributed by atoms with Gasteiger partial charge >= 0.3 is 5.82 Å². The first-order chi connectivity index (χ1) is 8.74. The minimum atomic E-state index is -0.530. The maximum atomic E-state index is 10.9. The SMILES string of the molecule is CCOc1c(-c2ccccc2)ccnc1[N+](=O)[O-]. The van der Waals surface area contributed by atoms with Crippen molar-refractivity contribution in [2.45, 2.75) is 6.92 Å². The van der Waals surface area contributed by atoms with Crippen molar-refractivity contribution >= 4 is 5.82 Å². The molecule has 1 aromatic carbocycles. The fourth-order valence-electron chi connectivity index (χ4n) is 1.70. The highest BCUT2D eigenvalue weighted by Crippen LogP contribution is 2.35. The van der Waals surface area contributed by atoms with Gasteiger partial charge in [0.2, 0.25) is 5.75 Å². The largest absolute Gasteiger partial charge is 0.486 e. The first kappa shape index (κ1) is 12.0. The zero-order valence-electron chi connectivity index (χ0n) is 9.87. The quantitative estimate of drug-likeness (QED) is 0.612. The lowest BCUT2D eigenvalue weighted by Crippen LogP contribution is -2.01. The van der Waals surface area contributed by atoms with E-state index in [0.717, 1.165) is 5.56 Å². The summed E-state index contributed by atoms with van der Waals surface area (Å²) in [6.45, 7) is 2.14. The van der Waals surface area contributed by atoms with Crippen molar-refractivity contribution in [2.24, 2.45) is 0 Å². The number of pyridine rings is 1. The molecular weight excluding hydrogens is 232 g/mol. The molecule has 0 saturated heterocycles. The van der Waals surface area contributed by atoms with Gasteiger partial charge in [0.05, 0.1) is 6.61 Å². The summed E-state index contributed by atoms with van der Waals surface area (Å²) in [6, 6.07) is 11.1. The van der Waals surface area contributed by atoms with Gasteiger partial charge in [0.15, 0.2) is 0 Å². The Balaban J connectivity index is 2.60. The van der Waals surface area contributed by atoms with Crippen LogP contribution in [0.1, 0.15) is 6.92 Å². The molecule has 0 amide bonds. The number of nitrogens with zero attached hydrogens (tertiary/aromatic N) is 2. The Morgan fingerprint density at radius 3 is 2.61 bits per heavy atom. The van der Waals surface area contributed by atoms with E-state index in [2.05, 4.69) is 4.98 Å². The average Bonchev–Trinajstić information content (AvgIpc) is 2.40. The summed E-state index contributed by atoms with van der Waals surface area (Å²) in [6.07, 6.45) is 1.42. The van der Waals surface area contributed by atoms with Gasteiger partial charge in [-0.25, -0.2) is 0 Å². The molecule has 5 heteroatoms. The summed E-state index contributed by atoms with van der Waals surface area (Å²) in [4.78, 5) is 14.2. The van der Waals surface area contributed by atoms with Crippen molar-refractivity contribution in [1.82, 2.24) is 4.98 Å². The van der Waals surface area contributed by atoms with E-state index in [0.29, 0.717) is 12.2 Å². The monoisotopic (exact) mass is 244 g/mol. The number of benzene rings is 1.